The van der Waals surface area contributed by atoms with Crippen molar-refractivity contribution in [3.05, 3.63) is 23.8 Å². The van der Waals surface area contributed by atoms with Gasteiger partial charge < -0.3 is 19.7 Å². The minimum atomic E-state index is -0.629. The minimum absolute atomic E-state index is 0.0260. The van der Waals surface area contributed by atoms with E-state index in [1.165, 1.54) is 0 Å². The largest absolute Gasteiger partial charge is 0.462 e. The molecule has 6 nitrogen and oxygen atoms in total. The molecule has 2 aliphatic carbocycles. The van der Waals surface area contributed by atoms with E-state index >= 15 is 0 Å². The van der Waals surface area contributed by atoms with E-state index in [9.17, 15) is 19.8 Å². The van der Waals surface area contributed by atoms with Gasteiger partial charge in [0.2, 0.25) is 0 Å². The Labute approximate surface area is 185 Å². The van der Waals surface area contributed by atoms with Gasteiger partial charge in [0.15, 0.2) is 0 Å². The summed E-state index contributed by atoms with van der Waals surface area (Å²) in [6, 6.07) is 0. The highest BCUT2D eigenvalue weighted by Crippen LogP contribution is 2.45. The maximum Gasteiger partial charge on any atom is 0.311 e. The number of aliphatic hydroxyl groups excluding tert-OH is 2. The molecular weight excluding hydrogens is 396 g/mol. The number of cyclic esters (lactones) is 1. The molecule has 0 aromatic heterocycles. The van der Waals surface area contributed by atoms with Gasteiger partial charge in [0.25, 0.3) is 0 Å². The molecule has 1 saturated heterocycles. The fraction of sp³-hybridized carbons (Fsp3) is 0.760. The molecule has 0 spiro atoms. The summed E-state index contributed by atoms with van der Waals surface area (Å²) in [6.07, 6.45) is 8.60. The van der Waals surface area contributed by atoms with Crippen molar-refractivity contribution >= 4 is 11.9 Å². The smallest absolute Gasteiger partial charge is 0.311 e. The van der Waals surface area contributed by atoms with Crippen LogP contribution >= 0.6 is 0 Å². The molecule has 0 bridgehead atoms. The fourth-order valence-corrected chi connectivity index (χ4v) is 5.08. The summed E-state index contributed by atoms with van der Waals surface area (Å²) in [6.45, 7) is 8.00. The summed E-state index contributed by atoms with van der Waals surface area (Å²) < 4.78 is 11.6. The predicted molar refractivity (Wildman–Crippen MR) is 117 cm³/mol. The van der Waals surface area contributed by atoms with E-state index in [2.05, 4.69) is 25.2 Å². The third-order valence-corrected chi connectivity index (χ3v) is 7.46. The molecule has 0 aromatic carbocycles. The van der Waals surface area contributed by atoms with Gasteiger partial charge in [0.1, 0.15) is 12.2 Å². The zero-order valence-corrected chi connectivity index (χ0v) is 19.3. The SMILES string of the molecule is CCC(C)(C)C(=O)O[C@H]1C[C@H](CO)C=C2C=C[C@H](C)[C@H](CC[C@@H]3C[C@@H](O)CC(=O)O3)[C@H]21. The second-order valence-electron chi connectivity index (χ2n) is 10.2. The molecule has 7 atom stereocenters. The summed E-state index contributed by atoms with van der Waals surface area (Å²) in [5.74, 6) is 0.0282. The number of fused-ring (bicyclic) bond motifs is 1. The number of carbonyl (C=O) groups excluding carboxylic acids is 2. The number of carbonyl (C=O) groups is 2. The highest BCUT2D eigenvalue weighted by molar-refractivity contribution is 5.76. The van der Waals surface area contributed by atoms with Crippen molar-refractivity contribution in [3.8, 4) is 0 Å². The molecule has 2 N–H and O–H groups in total. The van der Waals surface area contributed by atoms with Crippen LogP contribution in [0.25, 0.3) is 0 Å². The van der Waals surface area contributed by atoms with Gasteiger partial charge in [-0.1, -0.05) is 32.1 Å². The number of rotatable bonds is 7. The van der Waals surface area contributed by atoms with E-state index in [1.54, 1.807) is 0 Å². The number of esters is 2. The Balaban J connectivity index is 1.79. The highest BCUT2D eigenvalue weighted by Gasteiger charge is 2.43. The van der Waals surface area contributed by atoms with Crippen molar-refractivity contribution in [1.82, 2.24) is 0 Å². The predicted octanol–water partition coefficient (Wildman–Crippen LogP) is 3.56. The van der Waals surface area contributed by atoms with Crippen LogP contribution in [-0.4, -0.2) is 47.1 Å². The van der Waals surface area contributed by atoms with Crippen LogP contribution in [0.15, 0.2) is 23.8 Å². The average Bonchev–Trinajstić information content (AvgIpc) is 2.72. The van der Waals surface area contributed by atoms with Gasteiger partial charge in [0.05, 0.1) is 17.9 Å². The third kappa shape index (κ3) is 5.58. The van der Waals surface area contributed by atoms with Crippen LogP contribution in [0.4, 0.5) is 0 Å². The Hall–Kier alpha value is -1.66. The van der Waals surface area contributed by atoms with Gasteiger partial charge in [-0.2, -0.15) is 0 Å². The molecule has 1 heterocycles. The maximum absolute atomic E-state index is 12.9. The van der Waals surface area contributed by atoms with Crippen molar-refractivity contribution in [2.75, 3.05) is 6.61 Å². The number of aliphatic hydroxyl groups is 2. The minimum Gasteiger partial charge on any atom is -0.462 e. The molecule has 174 valence electrons. The number of allylic oxidation sites excluding steroid dienone is 2. The van der Waals surface area contributed by atoms with E-state index in [1.807, 2.05) is 20.8 Å². The number of hydrogen-bond acceptors (Lipinski definition) is 6. The van der Waals surface area contributed by atoms with Crippen molar-refractivity contribution in [3.63, 3.8) is 0 Å². The van der Waals surface area contributed by atoms with E-state index in [0.29, 0.717) is 25.7 Å². The van der Waals surface area contributed by atoms with Gasteiger partial charge in [0, 0.05) is 24.9 Å². The van der Waals surface area contributed by atoms with E-state index in [0.717, 1.165) is 12.0 Å². The molecule has 1 aliphatic heterocycles. The van der Waals surface area contributed by atoms with Crippen LogP contribution < -0.4 is 0 Å². The molecule has 0 saturated carbocycles. The maximum atomic E-state index is 12.9. The van der Waals surface area contributed by atoms with Crippen LogP contribution in [0.3, 0.4) is 0 Å². The van der Waals surface area contributed by atoms with Gasteiger partial charge >= 0.3 is 11.9 Å². The lowest BCUT2D eigenvalue weighted by molar-refractivity contribution is -0.166. The Morgan fingerprint density at radius 3 is 2.68 bits per heavy atom. The molecule has 31 heavy (non-hydrogen) atoms. The Morgan fingerprint density at radius 2 is 2.03 bits per heavy atom. The van der Waals surface area contributed by atoms with Crippen molar-refractivity contribution < 1.29 is 29.3 Å². The summed E-state index contributed by atoms with van der Waals surface area (Å²) in [5.41, 5.74) is 0.579. The summed E-state index contributed by atoms with van der Waals surface area (Å²) >= 11 is 0. The normalized spacial score (nSPS) is 35.7. The Morgan fingerprint density at radius 1 is 1.29 bits per heavy atom. The van der Waals surface area contributed by atoms with Crippen molar-refractivity contribution in [2.24, 2.45) is 29.1 Å². The average molecular weight is 435 g/mol. The molecule has 3 rings (SSSR count). The number of ether oxygens (including phenoxy) is 2. The van der Waals surface area contributed by atoms with Gasteiger partial charge in [-0.3, -0.25) is 9.59 Å². The Bertz CT molecular complexity index is 724. The first kappa shape index (κ1) is 24.0. The standard InChI is InChI=1S/C25H38O6/c1-5-25(3,4)24(29)31-21-11-16(14-26)10-17-7-6-15(2)20(23(17)21)9-8-19-12-18(27)13-22(28)30-19/h6-7,10,15-16,18-21,23,26-27H,5,8-9,11-14H2,1-4H3/t15-,16+,18+,19+,20-,21-,23-/m0/s1. The summed E-state index contributed by atoms with van der Waals surface area (Å²) in [4.78, 5) is 24.6. The van der Waals surface area contributed by atoms with Crippen LogP contribution in [0, 0.1) is 29.1 Å². The van der Waals surface area contributed by atoms with Crippen molar-refractivity contribution in [1.29, 1.82) is 0 Å². The Kier molecular flexibility index (Phi) is 7.63. The summed E-state index contributed by atoms with van der Waals surface area (Å²) in [7, 11) is 0. The first-order valence-corrected chi connectivity index (χ1v) is 11.7. The van der Waals surface area contributed by atoms with Crippen LogP contribution in [-0.2, 0) is 19.1 Å². The van der Waals surface area contributed by atoms with E-state index in [-0.39, 0.29) is 60.8 Å². The first-order chi connectivity index (χ1) is 14.6. The van der Waals surface area contributed by atoms with Crippen LogP contribution in [0.1, 0.15) is 66.2 Å². The zero-order valence-electron chi connectivity index (χ0n) is 19.3. The number of hydrogen-bond donors (Lipinski definition) is 2. The molecule has 6 heteroatoms. The van der Waals surface area contributed by atoms with E-state index in [4.69, 9.17) is 9.47 Å². The molecular formula is C25H38O6. The lowest BCUT2D eigenvalue weighted by Gasteiger charge is -2.44. The van der Waals surface area contributed by atoms with Crippen LogP contribution in [0.5, 0.6) is 0 Å². The summed E-state index contributed by atoms with van der Waals surface area (Å²) in [5, 5.41) is 19.7. The van der Waals surface area contributed by atoms with Crippen LogP contribution in [0.2, 0.25) is 0 Å². The fourth-order valence-electron chi connectivity index (χ4n) is 5.08. The zero-order chi connectivity index (χ0) is 22.8. The van der Waals surface area contributed by atoms with Gasteiger partial charge in [-0.15, -0.1) is 0 Å². The molecule has 0 unspecified atom stereocenters. The monoisotopic (exact) mass is 434 g/mol. The lowest BCUT2D eigenvalue weighted by Crippen LogP contribution is -2.44. The first-order valence-electron chi connectivity index (χ1n) is 11.7. The van der Waals surface area contributed by atoms with Crippen molar-refractivity contribution in [2.45, 2.75) is 84.5 Å². The third-order valence-electron chi connectivity index (χ3n) is 7.46. The van der Waals surface area contributed by atoms with Gasteiger partial charge in [-0.05, 0) is 56.9 Å². The quantitative estimate of drug-likeness (QED) is 0.595. The molecule has 1 fully saturated rings. The van der Waals surface area contributed by atoms with E-state index < -0.39 is 11.5 Å². The lowest BCUT2D eigenvalue weighted by atomic mass is 9.65. The molecule has 3 aliphatic rings. The molecule has 0 radical (unpaired) electrons. The van der Waals surface area contributed by atoms with Gasteiger partial charge in [-0.25, -0.2) is 0 Å². The highest BCUT2D eigenvalue weighted by atomic mass is 16.6. The molecule has 0 aromatic rings. The second-order valence-corrected chi connectivity index (χ2v) is 10.2. The molecule has 0 amide bonds. The second kappa shape index (κ2) is 9.86. The topological polar surface area (TPSA) is 93.1 Å².